The fraction of sp³-hybridized carbons (Fsp3) is 0.346. The van der Waals surface area contributed by atoms with Crippen LogP contribution in [0.5, 0.6) is 0 Å². The van der Waals surface area contributed by atoms with Crippen molar-refractivity contribution >= 4 is 32.8 Å². The van der Waals surface area contributed by atoms with E-state index in [1.54, 1.807) is 42.2 Å². The number of rotatable bonds is 5. The van der Waals surface area contributed by atoms with E-state index >= 15 is 0 Å². The van der Waals surface area contributed by atoms with Gasteiger partial charge in [-0.15, -0.1) is 0 Å². The molecule has 1 aliphatic carbocycles. The van der Waals surface area contributed by atoms with E-state index in [1.165, 1.54) is 4.31 Å². The predicted octanol–water partition coefficient (Wildman–Crippen LogP) is 2.80. The van der Waals surface area contributed by atoms with Crippen LogP contribution in [0.2, 0.25) is 0 Å². The number of nitrogens with zero attached hydrogens (tertiary/aromatic N) is 3. The Morgan fingerprint density at radius 2 is 1.63 bits per heavy atom. The van der Waals surface area contributed by atoms with E-state index in [9.17, 15) is 18.0 Å². The standard InChI is InChI=1S/C26H27N3O5S/c1-18(25(30)28-14-16-29(17-15-28)35(32,33)19-8-3-2-4-9-19)34-26(31)24-20-10-5-6-12-22(20)27-23-13-7-11-21(23)24/h2-6,8-10,12,18H,7,11,13-17H2,1H3. The van der Waals surface area contributed by atoms with E-state index < -0.39 is 22.1 Å². The molecule has 3 aromatic rings. The van der Waals surface area contributed by atoms with Gasteiger partial charge in [-0.05, 0) is 49.9 Å². The second kappa shape index (κ2) is 9.39. The number of aryl methyl sites for hydroxylation is 1. The van der Waals surface area contributed by atoms with E-state index in [2.05, 4.69) is 0 Å². The summed E-state index contributed by atoms with van der Waals surface area (Å²) in [4.78, 5) is 32.8. The second-order valence-corrected chi connectivity index (χ2v) is 10.8. The normalized spacial score (nSPS) is 17.2. The molecule has 0 N–H and O–H groups in total. The van der Waals surface area contributed by atoms with Crippen molar-refractivity contribution in [1.29, 1.82) is 0 Å². The first kappa shape index (κ1) is 23.4. The van der Waals surface area contributed by atoms with Gasteiger partial charge in [0.25, 0.3) is 5.91 Å². The maximum atomic E-state index is 13.2. The third kappa shape index (κ3) is 4.41. The lowest BCUT2D eigenvalue weighted by Gasteiger charge is -2.35. The molecule has 35 heavy (non-hydrogen) atoms. The summed E-state index contributed by atoms with van der Waals surface area (Å²) in [5.41, 5.74) is 3.08. The highest BCUT2D eigenvalue weighted by atomic mass is 32.2. The van der Waals surface area contributed by atoms with Gasteiger partial charge in [-0.1, -0.05) is 36.4 Å². The topological polar surface area (TPSA) is 96.9 Å². The molecule has 0 radical (unpaired) electrons. The smallest absolute Gasteiger partial charge is 0.339 e. The third-order valence-electron chi connectivity index (χ3n) is 6.69. The van der Waals surface area contributed by atoms with Crippen LogP contribution in [0.25, 0.3) is 10.9 Å². The first-order chi connectivity index (χ1) is 16.9. The third-order valence-corrected chi connectivity index (χ3v) is 8.60. The quantitative estimate of drug-likeness (QED) is 0.507. The van der Waals surface area contributed by atoms with Gasteiger partial charge in [0.05, 0.1) is 16.0 Å². The number of sulfonamides is 1. The predicted molar refractivity (Wildman–Crippen MR) is 130 cm³/mol. The molecule has 5 rings (SSSR count). The van der Waals surface area contributed by atoms with Crippen LogP contribution in [0, 0.1) is 0 Å². The first-order valence-electron chi connectivity index (χ1n) is 11.8. The molecule has 1 aliphatic heterocycles. The number of hydrogen-bond donors (Lipinski definition) is 0. The van der Waals surface area contributed by atoms with Gasteiger partial charge in [0.2, 0.25) is 10.0 Å². The van der Waals surface area contributed by atoms with E-state index in [4.69, 9.17) is 9.72 Å². The molecule has 182 valence electrons. The summed E-state index contributed by atoms with van der Waals surface area (Å²) in [6.45, 7) is 2.41. The molecule has 2 aromatic carbocycles. The first-order valence-corrected chi connectivity index (χ1v) is 13.3. The Balaban J connectivity index is 1.27. The van der Waals surface area contributed by atoms with E-state index in [0.717, 1.165) is 41.4 Å². The van der Waals surface area contributed by atoms with Crippen molar-refractivity contribution in [3.05, 3.63) is 71.4 Å². The summed E-state index contributed by atoms with van der Waals surface area (Å²) < 4.78 is 32.7. The fourth-order valence-electron chi connectivity index (χ4n) is 4.86. The van der Waals surface area contributed by atoms with Crippen LogP contribution in [0.4, 0.5) is 0 Å². The zero-order chi connectivity index (χ0) is 24.6. The Hall–Kier alpha value is -3.30. The van der Waals surface area contributed by atoms with Gasteiger partial charge >= 0.3 is 5.97 Å². The van der Waals surface area contributed by atoms with Crippen molar-refractivity contribution in [2.24, 2.45) is 0 Å². The summed E-state index contributed by atoms with van der Waals surface area (Å²) in [5, 5.41) is 0.734. The molecule has 0 saturated carbocycles. The molecule has 2 heterocycles. The van der Waals surface area contributed by atoms with Crippen molar-refractivity contribution in [1.82, 2.24) is 14.2 Å². The van der Waals surface area contributed by atoms with Gasteiger partial charge in [0.1, 0.15) is 0 Å². The number of piperazine rings is 1. The Morgan fingerprint density at radius 3 is 2.37 bits per heavy atom. The number of hydrogen-bond acceptors (Lipinski definition) is 6. The zero-order valence-corrected chi connectivity index (χ0v) is 20.3. The van der Waals surface area contributed by atoms with Crippen LogP contribution < -0.4 is 0 Å². The summed E-state index contributed by atoms with van der Waals surface area (Å²) in [6, 6.07) is 15.7. The number of carbonyl (C=O) groups excluding carboxylic acids is 2. The van der Waals surface area contributed by atoms with Crippen molar-refractivity contribution in [2.75, 3.05) is 26.2 Å². The monoisotopic (exact) mass is 493 g/mol. The molecule has 1 fully saturated rings. The average molecular weight is 494 g/mol. The molecule has 1 amide bonds. The Kier molecular flexibility index (Phi) is 6.29. The highest BCUT2D eigenvalue weighted by Gasteiger charge is 2.33. The number of benzene rings is 2. The Labute approximate surface area is 204 Å². The molecule has 0 bridgehead atoms. The largest absolute Gasteiger partial charge is 0.449 e. The summed E-state index contributed by atoms with van der Waals surface area (Å²) >= 11 is 0. The Morgan fingerprint density at radius 1 is 0.943 bits per heavy atom. The maximum Gasteiger partial charge on any atom is 0.339 e. The van der Waals surface area contributed by atoms with Gasteiger partial charge in [-0.2, -0.15) is 4.31 Å². The lowest BCUT2D eigenvalue weighted by Crippen LogP contribution is -2.52. The second-order valence-electron chi connectivity index (χ2n) is 8.87. The minimum atomic E-state index is -3.61. The van der Waals surface area contributed by atoms with Crippen LogP contribution in [0.1, 0.15) is 35.0 Å². The summed E-state index contributed by atoms with van der Waals surface area (Å²) in [5.74, 6) is -0.849. The molecule has 8 nitrogen and oxygen atoms in total. The van der Waals surface area contributed by atoms with Crippen LogP contribution >= 0.6 is 0 Å². The van der Waals surface area contributed by atoms with Crippen LogP contribution in [0.3, 0.4) is 0 Å². The molecule has 1 atom stereocenters. The van der Waals surface area contributed by atoms with Gasteiger partial charge in [-0.3, -0.25) is 9.78 Å². The summed E-state index contributed by atoms with van der Waals surface area (Å²) in [7, 11) is -3.61. The lowest BCUT2D eigenvalue weighted by atomic mass is 10.0. The van der Waals surface area contributed by atoms with Gasteiger partial charge in [0.15, 0.2) is 6.10 Å². The number of esters is 1. The summed E-state index contributed by atoms with van der Waals surface area (Å²) in [6.07, 6.45) is 1.54. The number of ether oxygens (including phenoxy) is 1. The van der Waals surface area contributed by atoms with Gasteiger partial charge in [0, 0.05) is 37.3 Å². The van der Waals surface area contributed by atoms with Crippen molar-refractivity contribution in [2.45, 2.75) is 37.2 Å². The molecule has 2 aliphatic rings. The molecule has 1 unspecified atom stereocenters. The zero-order valence-electron chi connectivity index (χ0n) is 19.5. The van der Waals surface area contributed by atoms with Gasteiger partial charge < -0.3 is 9.64 Å². The minimum absolute atomic E-state index is 0.187. The molecule has 9 heteroatoms. The highest BCUT2D eigenvalue weighted by Crippen LogP contribution is 2.31. The van der Waals surface area contributed by atoms with Crippen LogP contribution in [-0.2, 0) is 32.4 Å². The number of aromatic nitrogens is 1. The highest BCUT2D eigenvalue weighted by molar-refractivity contribution is 7.89. The number of fused-ring (bicyclic) bond motifs is 2. The lowest BCUT2D eigenvalue weighted by molar-refractivity contribution is -0.141. The molecule has 1 saturated heterocycles. The average Bonchev–Trinajstić information content (AvgIpc) is 3.35. The molecular weight excluding hydrogens is 466 g/mol. The maximum absolute atomic E-state index is 13.2. The van der Waals surface area contributed by atoms with Gasteiger partial charge in [-0.25, -0.2) is 13.2 Å². The van der Waals surface area contributed by atoms with Crippen LogP contribution in [0.15, 0.2) is 59.5 Å². The minimum Gasteiger partial charge on any atom is -0.449 e. The van der Waals surface area contributed by atoms with E-state index in [1.807, 2.05) is 24.3 Å². The number of amides is 1. The van der Waals surface area contributed by atoms with Crippen molar-refractivity contribution in [3.8, 4) is 0 Å². The fourth-order valence-corrected chi connectivity index (χ4v) is 6.30. The number of para-hydroxylation sites is 1. The van der Waals surface area contributed by atoms with Crippen molar-refractivity contribution in [3.63, 3.8) is 0 Å². The molecule has 0 spiro atoms. The van der Waals surface area contributed by atoms with Crippen LogP contribution in [-0.4, -0.2) is 66.8 Å². The van der Waals surface area contributed by atoms with E-state index in [-0.39, 0.29) is 37.0 Å². The number of carbonyl (C=O) groups is 2. The van der Waals surface area contributed by atoms with E-state index in [0.29, 0.717) is 5.56 Å². The number of pyridine rings is 1. The van der Waals surface area contributed by atoms with Crippen molar-refractivity contribution < 1.29 is 22.7 Å². The molecule has 1 aromatic heterocycles. The Bertz CT molecular complexity index is 1380. The molecular formula is C26H27N3O5S. The SMILES string of the molecule is CC(OC(=O)c1c2c(nc3ccccc13)CCC2)C(=O)N1CCN(S(=O)(=O)c2ccccc2)CC1.